The minimum absolute atomic E-state index is 0.0898. The van der Waals surface area contributed by atoms with Gasteiger partial charge in [-0.15, -0.1) is 5.10 Å². The van der Waals surface area contributed by atoms with Crippen LogP contribution < -0.4 is 4.74 Å². The molecule has 1 unspecified atom stereocenters. The van der Waals surface area contributed by atoms with Crippen LogP contribution in [0.5, 0.6) is 5.75 Å². The molecule has 0 fully saturated rings. The van der Waals surface area contributed by atoms with Crippen LogP contribution in [0.3, 0.4) is 0 Å². The van der Waals surface area contributed by atoms with E-state index in [1.807, 2.05) is 24.3 Å². The van der Waals surface area contributed by atoms with Crippen LogP contribution in [0, 0.1) is 0 Å². The first-order valence-electron chi connectivity index (χ1n) is 6.78. The Bertz CT molecular complexity index is 737. The van der Waals surface area contributed by atoms with Gasteiger partial charge in [-0.05, 0) is 12.5 Å². The average molecular weight is 283 g/mol. The fourth-order valence-electron chi connectivity index (χ4n) is 2.53. The van der Waals surface area contributed by atoms with Crippen LogP contribution in [-0.4, -0.2) is 31.7 Å². The van der Waals surface area contributed by atoms with Gasteiger partial charge in [0.2, 0.25) is 5.89 Å². The molecule has 0 radical (unpaired) electrons. The Morgan fingerprint density at radius 2 is 2.24 bits per heavy atom. The van der Waals surface area contributed by atoms with E-state index in [0.717, 1.165) is 17.7 Å². The number of rotatable bonds is 3. The average Bonchev–Trinajstić information content (AvgIpc) is 3.19. The third-order valence-electron chi connectivity index (χ3n) is 3.52. The summed E-state index contributed by atoms with van der Waals surface area (Å²) >= 11 is 0. The molecule has 0 bridgehead atoms. The van der Waals surface area contributed by atoms with Crippen molar-refractivity contribution in [2.45, 2.75) is 18.9 Å². The van der Waals surface area contributed by atoms with E-state index in [9.17, 15) is 0 Å². The van der Waals surface area contributed by atoms with E-state index in [2.05, 4.69) is 20.5 Å². The molecule has 4 rings (SSSR count). The second kappa shape index (κ2) is 5.01. The van der Waals surface area contributed by atoms with Gasteiger partial charge in [0.15, 0.2) is 5.82 Å². The number of hydrogen-bond acceptors (Lipinski definition) is 6. The largest absolute Gasteiger partial charge is 0.493 e. The minimum atomic E-state index is 0.0898. The number of nitrogens with zero attached hydrogens (tertiary/aromatic N) is 5. The highest BCUT2D eigenvalue weighted by atomic mass is 16.5. The maximum atomic E-state index is 5.65. The Balaban J connectivity index is 1.62. The molecule has 0 spiro atoms. The summed E-state index contributed by atoms with van der Waals surface area (Å²) in [5.74, 6) is 2.21. The van der Waals surface area contributed by atoms with Crippen molar-refractivity contribution in [1.82, 2.24) is 25.1 Å². The predicted octanol–water partition coefficient (Wildman–Crippen LogP) is 1.62. The van der Waals surface area contributed by atoms with Gasteiger partial charge in [0.05, 0.1) is 18.7 Å². The summed E-state index contributed by atoms with van der Waals surface area (Å²) in [4.78, 5) is 4.49. The summed E-state index contributed by atoms with van der Waals surface area (Å²) in [5.41, 5.74) is 1.10. The van der Waals surface area contributed by atoms with E-state index in [4.69, 9.17) is 9.26 Å². The summed E-state index contributed by atoms with van der Waals surface area (Å²) in [6, 6.07) is 7.97. The molecule has 0 amide bonds. The van der Waals surface area contributed by atoms with Gasteiger partial charge in [0, 0.05) is 11.8 Å². The van der Waals surface area contributed by atoms with Crippen molar-refractivity contribution in [3.8, 4) is 5.75 Å². The minimum Gasteiger partial charge on any atom is -0.493 e. The highest BCUT2D eigenvalue weighted by molar-refractivity contribution is 5.40. The Morgan fingerprint density at radius 1 is 1.29 bits per heavy atom. The number of aromatic nitrogens is 5. The van der Waals surface area contributed by atoms with Crippen molar-refractivity contribution < 1.29 is 9.26 Å². The maximum absolute atomic E-state index is 5.65. The lowest BCUT2D eigenvalue weighted by molar-refractivity contribution is 0.256. The third kappa shape index (κ3) is 2.26. The van der Waals surface area contributed by atoms with Crippen LogP contribution in [0.2, 0.25) is 0 Å². The summed E-state index contributed by atoms with van der Waals surface area (Å²) < 4.78 is 12.7. The van der Waals surface area contributed by atoms with E-state index in [1.165, 1.54) is 0 Å². The van der Waals surface area contributed by atoms with Gasteiger partial charge in [-0.1, -0.05) is 28.6 Å². The topological polar surface area (TPSA) is 78.9 Å². The number of para-hydroxylation sites is 1. The second-order valence-electron chi connectivity index (χ2n) is 4.88. The van der Waals surface area contributed by atoms with E-state index >= 15 is 0 Å². The van der Waals surface area contributed by atoms with Crippen molar-refractivity contribution in [2.75, 3.05) is 6.61 Å². The molecular formula is C14H13N5O2. The molecule has 0 aliphatic carbocycles. The molecule has 3 heterocycles. The SMILES string of the molecule is c1ccc2c(c1)OCCC2c1nc(Cn2ccnn2)no1. The Hall–Kier alpha value is -2.70. The zero-order valence-electron chi connectivity index (χ0n) is 11.2. The van der Waals surface area contributed by atoms with Crippen LogP contribution in [0.4, 0.5) is 0 Å². The molecule has 1 aliphatic heterocycles. The molecule has 2 aromatic heterocycles. The van der Waals surface area contributed by atoms with Gasteiger partial charge in [0.1, 0.15) is 12.3 Å². The fourth-order valence-corrected chi connectivity index (χ4v) is 2.53. The van der Waals surface area contributed by atoms with E-state index < -0.39 is 0 Å². The molecular weight excluding hydrogens is 270 g/mol. The van der Waals surface area contributed by atoms with Gasteiger partial charge in [-0.25, -0.2) is 4.68 Å². The van der Waals surface area contributed by atoms with Crippen molar-refractivity contribution in [2.24, 2.45) is 0 Å². The van der Waals surface area contributed by atoms with Gasteiger partial charge in [0.25, 0.3) is 0 Å². The highest BCUT2D eigenvalue weighted by Gasteiger charge is 2.27. The standard InChI is InChI=1S/C14H13N5O2/c1-2-4-12-10(3-1)11(5-8-20-12)14-16-13(17-21-14)9-19-7-6-15-18-19/h1-4,6-7,11H,5,8-9H2. The molecule has 3 aromatic rings. The van der Waals surface area contributed by atoms with Crippen LogP contribution in [0.15, 0.2) is 41.2 Å². The lowest BCUT2D eigenvalue weighted by Gasteiger charge is -2.22. The lowest BCUT2D eigenvalue weighted by atomic mass is 9.93. The summed E-state index contributed by atoms with van der Waals surface area (Å²) in [6.07, 6.45) is 4.22. The first kappa shape index (κ1) is 12.1. The number of fused-ring (bicyclic) bond motifs is 1. The quantitative estimate of drug-likeness (QED) is 0.727. The summed E-state index contributed by atoms with van der Waals surface area (Å²) in [6.45, 7) is 1.11. The third-order valence-corrected chi connectivity index (χ3v) is 3.52. The first-order valence-corrected chi connectivity index (χ1v) is 6.78. The van der Waals surface area contributed by atoms with Crippen molar-refractivity contribution >= 4 is 0 Å². The number of benzene rings is 1. The van der Waals surface area contributed by atoms with Gasteiger partial charge in [-0.2, -0.15) is 4.98 Å². The lowest BCUT2D eigenvalue weighted by Crippen LogP contribution is -2.15. The van der Waals surface area contributed by atoms with Gasteiger partial charge >= 0.3 is 0 Å². The molecule has 0 saturated carbocycles. The first-order chi connectivity index (χ1) is 10.4. The maximum Gasteiger partial charge on any atom is 0.234 e. The number of hydrogen-bond donors (Lipinski definition) is 0. The van der Waals surface area contributed by atoms with Gasteiger partial charge < -0.3 is 9.26 Å². The molecule has 7 nitrogen and oxygen atoms in total. The van der Waals surface area contributed by atoms with E-state index in [0.29, 0.717) is 24.9 Å². The van der Waals surface area contributed by atoms with Crippen LogP contribution >= 0.6 is 0 Å². The van der Waals surface area contributed by atoms with Gasteiger partial charge in [-0.3, -0.25) is 0 Å². The Morgan fingerprint density at radius 3 is 3.14 bits per heavy atom. The van der Waals surface area contributed by atoms with Crippen LogP contribution in [0.1, 0.15) is 29.6 Å². The van der Waals surface area contributed by atoms with Crippen molar-refractivity contribution in [1.29, 1.82) is 0 Å². The molecule has 7 heteroatoms. The smallest absolute Gasteiger partial charge is 0.234 e. The molecule has 1 atom stereocenters. The molecule has 0 N–H and O–H groups in total. The highest BCUT2D eigenvalue weighted by Crippen LogP contribution is 2.36. The molecule has 106 valence electrons. The summed E-state index contributed by atoms with van der Waals surface area (Å²) in [7, 11) is 0. The second-order valence-corrected chi connectivity index (χ2v) is 4.88. The normalized spacial score (nSPS) is 17.2. The Labute approximate surface area is 120 Å². The molecule has 0 saturated heterocycles. The monoisotopic (exact) mass is 283 g/mol. The molecule has 21 heavy (non-hydrogen) atoms. The zero-order valence-corrected chi connectivity index (χ0v) is 11.2. The van der Waals surface area contributed by atoms with Crippen LogP contribution in [-0.2, 0) is 6.54 Å². The molecule has 1 aliphatic rings. The predicted molar refractivity (Wildman–Crippen MR) is 71.8 cm³/mol. The number of ether oxygens (including phenoxy) is 1. The van der Waals surface area contributed by atoms with Crippen molar-refractivity contribution in [3.63, 3.8) is 0 Å². The fraction of sp³-hybridized carbons (Fsp3) is 0.286. The van der Waals surface area contributed by atoms with E-state index in [-0.39, 0.29) is 5.92 Å². The van der Waals surface area contributed by atoms with E-state index in [1.54, 1.807) is 17.1 Å². The summed E-state index contributed by atoms with van der Waals surface area (Å²) in [5, 5.41) is 11.7. The molecule has 1 aromatic carbocycles. The zero-order chi connectivity index (χ0) is 14.1. The Kier molecular flexibility index (Phi) is 2.88. The van der Waals surface area contributed by atoms with Crippen molar-refractivity contribution in [3.05, 3.63) is 53.9 Å². The van der Waals surface area contributed by atoms with Crippen LogP contribution in [0.25, 0.3) is 0 Å².